The maximum Gasteiger partial charge on any atom is 0.338 e. The van der Waals surface area contributed by atoms with Crippen molar-refractivity contribution in [2.75, 3.05) is 13.7 Å². The molecule has 84 valence electrons. The fourth-order valence-electron chi connectivity index (χ4n) is 1.31. The molecular formula is C10H22N2O2. The first-order valence-electron chi connectivity index (χ1n) is 5.31. The highest BCUT2D eigenvalue weighted by Crippen LogP contribution is 2.10. The van der Waals surface area contributed by atoms with Gasteiger partial charge in [0.25, 0.3) is 0 Å². The second-order valence-electron chi connectivity index (χ2n) is 3.43. The van der Waals surface area contributed by atoms with Crippen molar-refractivity contribution in [2.24, 2.45) is 5.92 Å². The summed E-state index contributed by atoms with van der Waals surface area (Å²) in [7, 11) is 1.42. The summed E-state index contributed by atoms with van der Waals surface area (Å²) in [5, 5.41) is 2.77. The van der Waals surface area contributed by atoms with Crippen molar-refractivity contribution in [3.63, 3.8) is 0 Å². The molecule has 4 nitrogen and oxygen atoms in total. The van der Waals surface area contributed by atoms with Crippen molar-refractivity contribution in [2.45, 2.75) is 39.5 Å². The molecule has 0 aromatic heterocycles. The van der Waals surface area contributed by atoms with E-state index in [1.807, 2.05) is 0 Å². The Hall–Kier alpha value is -0.770. The highest BCUT2D eigenvalue weighted by molar-refractivity contribution is 5.72. The summed E-state index contributed by atoms with van der Waals surface area (Å²) in [6.45, 7) is 5.06. The summed E-state index contributed by atoms with van der Waals surface area (Å²) in [6.07, 6.45) is 4.72. The van der Waals surface area contributed by atoms with Crippen LogP contribution in [0, 0.1) is 5.92 Å². The van der Waals surface area contributed by atoms with E-state index in [2.05, 4.69) is 29.5 Å². The molecule has 0 unspecified atom stereocenters. The van der Waals surface area contributed by atoms with Gasteiger partial charge in [-0.3, -0.25) is 4.84 Å². The van der Waals surface area contributed by atoms with Crippen LogP contribution in [0.3, 0.4) is 0 Å². The van der Waals surface area contributed by atoms with E-state index in [0.717, 1.165) is 13.0 Å². The zero-order valence-corrected chi connectivity index (χ0v) is 9.43. The summed E-state index contributed by atoms with van der Waals surface area (Å²) in [6, 6.07) is -0.262. The van der Waals surface area contributed by atoms with Crippen molar-refractivity contribution < 1.29 is 9.63 Å². The van der Waals surface area contributed by atoms with Gasteiger partial charge in [-0.25, -0.2) is 10.3 Å². The van der Waals surface area contributed by atoms with E-state index >= 15 is 0 Å². The molecule has 0 aliphatic carbocycles. The van der Waals surface area contributed by atoms with Crippen LogP contribution < -0.4 is 10.8 Å². The lowest BCUT2D eigenvalue weighted by molar-refractivity contribution is 0.107. The van der Waals surface area contributed by atoms with Crippen LogP contribution in [0.15, 0.2) is 0 Å². The molecule has 0 aliphatic heterocycles. The van der Waals surface area contributed by atoms with Crippen LogP contribution in [0.2, 0.25) is 0 Å². The Kier molecular flexibility index (Phi) is 8.33. The first-order chi connectivity index (χ1) is 6.74. The fraction of sp³-hybridized carbons (Fsp3) is 0.900. The number of nitrogens with one attached hydrogen (secondary N) is 2. The predicted molar refractivity (Wildman–Crippen MR) is 56.8 cm³/mol. The van der Waals surface area contributed by atoms with E-state index in [9.17, 15) is 4.79 Å². The quantitative estimate of drug-likeness (QED) is 0.621. The molecule has 4 heteroatoms. The third-order valence-electron chi connectivity index (χ3n) is 2.29. The maximum absolute atomic E-state index is 11.0. The van der Waals surface area contributed by atoms with Crippen molar-refractivity contribution in [3.8, 4) is 0 Å². The van der Waals surface area contributed by atoms with Crippen LogP contribution in [0.5, 0.6) is 0 Å². The molecule has 0 heterocycles. The topological polar surface area (TPSA) is 50.4 Å². The number of carbonyl (C=O) groups is 1. The third-order valence-corrected chi connectivity index (χ3v) is 2.29. The van der Waals surface area contributed by atoms with Crippen molar-refractivity contribution in [1.29, 1.82) is 0 Å². The average molecular weight is 202 g/mol. The number of amides is 2. The summed E-state index contributed by atoms with van der Waals surface area (Å²) in [5.41, 5.74) is 2.23. The van der Waals surface area contributed by atoms with E-state index in [-0.39, 0.29) is 6.03 Å². The molecule has 0 aromatic carbocycles. The minimum atomic E-state index is -0.262. The Morgan fingerprint density at radius 1 is 1.43 bits per heavy atom. The summed E-state index contributed by atoms with van der Waals surface area (Å²) >= 11 is 0. The molecule has 14 heavy (non-hydrogen) atoms. The van der Waals surface area contributed by atoms with E-state index in [1.165, 1.54) is 26.4 Å². The van der Waals surface area contributed by atoms with Crippen molar-refractivity contribution in [3.05, 3.63) is 0 Å². The first-order valence-corrected chi connectivity index (χ1v) is 5.31. The molecule has 0 rings (SSSR count). The Bertz CT molecular complexity index is 151. The highest BCUT2D eigenvalue weighted by atomic mass is 16.6. The molecule has 0 fully saturated rings. The van der Waals surface area contributed by atoms with Gasteiger partial charge in [0.2, 0.25) is 0 Å². The first kappa shape index (κ1) is 13.2. The van der Waals surface area contributed by atoms with Crippen molar-refractivity contribution in [1.82, 2.24) is 10.8 Å². The van der Waals surface area contributed by atoms with Gasteiger partial charge in [-0.05, 0) is 12.3 Å². The molecule has 0 radical (unpaired) electrons. The molecule has 2 N–H and O–H groups in total. The van der Waals surface area contributed by atoms with Crippen LogP contribution in [0.1, 0.15) is 39.5 Å². The van der Waals surface area contributed by atoms with E-state index < -0.39 is 0 Å². The normalized spacial score (nSPS) is 12.2. The lowest BCUT2D eigenvalue weighted by Crippen LogP contribution is -2.37. The smallest absolute Gasteiger partial charge is 0.336 e. The number of carbonyl (C=O) groups excluding carboxylic acids is 1. The second kappa shape index (κ2) is 8.81. The number of rotatable bonds is 7. The summed E-state index contributed by atoms with van der Waals surface area (Å²) in [4.78, 5) is 15.5. The summed E-state index contributed by atoms with van der Waals surface area (Å²) < 4.78 is 0. The molecule has 1 atom stereocenters. The lowest BCUT2D eigenvalue weighted by atomic mass is 9.99. The van der Waals surface area contributed by atoms with Gasteiger partial charge >= 0.3 is 6.03 Å². The van der Waals surface area contributed by atoms with Crippen LogP contribution in [-0.2, 0) is 4.84 Å². The standard InChI is InChI=1S/C10H22N2O2/c1-4-6-7-9(5-2)8-11-10(13)12-14-3/h9H,4-8H2,1-3H3,(H2,11,12,13)/t9-/m1/s1. The monoisotopic (exact) mass is 202 g/mol. The average Bonchev–Trinajstić information content (AvgIpc) is 2.19. The van der Waals surface area contributed by atoms with Gasteiger partial charge in [-0.1, -0.05) is 33.1 Å². The zero-order chi connectivity index (χ0) is 10.8. The molecule has 2 amide bonds. The van der Waals surface area contributed by atoms with E-state index in [0.29, 0.717) is 5.92 Å². The highest BCUT2D eigenvalue weighted by Gasteiger charge is 2.07. The molecule has 0 aromatic rings. The third kappa shape index (κ3) is 6.71. The predicted octanol–water partition coefficient (Wildman–Crippen LogP) is 2.06. The number of unbranched alkanes of at least 4 members (excludes halogenated alkanes) is 1. The second-order valence-corrected chi connectivity index (χ2v) is 3.43. The Morgan fingerprint density at radius 3 is 2.64 bits per heavy atom. The number of hydrogen-bond acceptors (Lipinski definition) is 2. The minimum absolute atomic E-state index is 0.262. The molecule has 0 spiro atoms. The number of hydrogen-bond donors (Lipinski definition) is 2. The van der Waals surface area contributed by atoms with Crippen LogP contribution in [-0.4, -0.2) is 19.7 Å². The minimum Gasteiger partial charge on any atom is -0.336 e. The van der Waals surface area contributed by atoms with Gasteiger partial charge in [0.05, 0.1) is 7.11 Å². The SMILES string of the molecule is CCCC[C@@H](CC)CNC(=O)NOC. The van der Waals surface area contributed by atoms with Gasteiger partial charge in [0.15, 0.2) is 0 Å². The Balaban J connectivity index is 3.55. The van der Waals surface area contributed by atoms with Crippen molar-refractivity contribution >= 4 is 6.03 Å². The van der Waals surface area contributed by atoms with E-state index in [4.69, 9.17) is 0 Å². The Labute approximate surface area is 86.4 Å². The van der Waals surface area contributed by atoms with E-state index in [1.54, 1.807) is 0 Å². The van der Waals surface area contributed by atoms with Crippen LogP contribution in [0.4, 0.5) is 4.79 Å². The fourth-order valence-corrected chi connectivity index (χ4v) is 1.31. The molecule has 0 saturated heterocycles. The van der Waals surface area contributed by atoms with Gasteiger partial charge in [0.1, 0.15) is 0 Å². The van der Waals surface area contributed by atoms with Crippen LogP contribution in [0.25, 0.3) is 0 Å². The summed E-state index contributed by atoms with van der Waals surface area (Å²) in [5.74, 6) is 0.581. The van der Waals surface area contributed by atoms with Gasteiger partial charge < -0.3 is 5.32 Å². The zero-order valence-electron chi connectivity index (χ0n) is 9.43. The maximum atomic E-state index is 11.0. The molecular weight excluding hydrogens is 180 g/mol. The number of urea groups is 1. The van der Waals surface area contributed by atoms with Crippen LogP contribution >= 0.6 is 0 Å². The van der Waals surface area contributed by atoms with Gasteiger partial charge in [-0.2, -0.15) is 0 Å². The van der Waals surface area contributed by atoms with Gasteiger partial charge in [-0.15, -0.1) is 0 Å². The number of hydroxylamine groups is 1. The molecule has 0 aliphatic rings. The van der Waals surface area contributed by atoms with Gasteiger partial charge in [0, 0.05) is 6.54 Å². The Morgan fingerprint density at radius 2 is 2.14 bits per heavy atom. The lowest BCUT2D eigenvalue weighted by Gasteiger charge is -2.14. The molecule has 0 saturated carbocycles. The largest absolute Gasteiger partial charge is 0.338 e. The molecule has 0 bridgehead atoms.